The fourth-order valence-electron chi connectivity index (χ4n) is 3.08. The van der Waals surface area contributed by atoms with Gasteiger partial charge < -0.3 is 15.0 Å². The van der Waals surface area contributed by atoms with E-state index in [1.165, 1.54) is 11.3 Å². The van der Waals surface area contributed by atoms with E-state index in [-0.39, 0.29) is 24.3 Å². The molecule has 138 valence electrons. The standard InChI is InChI=1S/C19H23N3O3S/c1-2-14-6-3-4-8-16(14)25-13-17(23)22-10-5-7-15(12-22)18(24)21-19-20-9-11-26-19/h3-4,6,8-9,11,15H,2,5,7,10,12-13H2,1H3,(H,20,21,24). The number of nitrogens with one attached hydrogen (secondary N) is 1. The average molecular weight is 373 g/mol. The molecule has 0 bridgehead atoms. The Morgan fingerprint density at radius 3 is 3.00 bits per heavy atom. The van der Waals surface area contributed by atoms with Crippen LogP contribution in [-0.2, 0) is 16.0 Å². The Morgan fingerprint density at radius 1 is 1.38 bits per heavy atom. The largest absolute Gasteiger partial charge is 0.483 e. The van der Waals surface area contributed by atoms with Crippen LogP contribution in [0, 0.1) is 5.92 Å². The minimum atomic E-state index is -0.209. The molecule has 1 N–H and O–H groups in total. The molecule has 3 rings (SSSR count). The maximum Gasteiger partial charge on any atom is 0.260 e. The van der Waals surface area contributed by atoms with Crippen LogP contribution in [0.2, 0.25) is 0 Å². The predicted octanol–water partition coefficient (Wildman–Crippen LogP) is 2.96. The first-order chi connectivity index (χ1) is 12.7. The van der Waals surface area contributed by atoms with Gasteiger partial charge in [0.15, 0.2) is 11.7 Å². The number of hydrogen-bond donors (Lipinski definition) is 1. The molecule has 0 aliphatic carbocycles. The van der Waals surface area contributed by atoms with Crippen molar-refractivity contribution in [3.63, 3.8) is 0 Å². The number of amides is 2. The van der Waals surface area contributed by atoms with Crippen molar-refractivity contribution in [3.8, 4) is 5.75 Å². The zero-order chi connectivity index (χ0) is 18.4. The number of piperidine rings is 1. The van der Waals surface area contributed by atoms with Crippen molar-refractivity contribution in [2.75, 3.05) is 25.0 Å². The number of likely N-dealkylation sites (tertiary alicyclic amines) is 1. The third-order valence-corrected chi connectivity index (χ3v) is 5.20. The molecule has 2 heterocycles. The van der Waals surface area contributed by atoms with Crippen LogP contribution in [-0.4, -0.2) is 41.4 Å². The van der Waals surface area contributed by atoms with Crippen LogP contribution in [0.5, 0.6) is 5.75 Å². The van der Waals surface area contributed by atoms with E-state index in [4.69, 9.17) is 4.74 Å². The molecule has 6 nitrogen and oxygen atoms in total. The van der Waals surface area contributed by atoms with Gasteiger partial charge in [-0.05, 0) is 30.9 Å². The number of para-hydroxylation sites is 1. The lowest BCUT2D eigenvalue weighted by molar-refractivity contribution is -0.136. The third kappa shape index (κ3) is 4.60. The molecule has 1 aromatic carbocycles. The Balaban J connectivity index is 1.53. The molecular formula is C19H23N3O3S. The van der Waals surface area contributed by atoms with Gasteiger partial charge in [0, 0.05) is 24.7 Å². The number of carbonyl (C=O) groups is 2. The minimum absolute atomic E-state index is 0.00215. The van der Waals surface area contributed by atoms with Crippen LogP contribution in [0.4, 0.5) is 5.13 Å². The van der Waals surface area contributed by atoms with E-state index in [1.54, 1.807) is 11.1 Å². The van der Waals surface area contributed by atoms with Crippen LogP contribution in [0.25, 0.3) is 0 Å². The van der Waals surface area contributed by atoms with Gasteiger partial charge in [0.25, 0.3) is 5.91 Å². The molecule has 1 atom stereocenters. The van der Waals surface area contributed by atoms with E-state index in [9.17, 15) is 9.59 Å². The second kappa shape index (κ2) is 8.80. The first-order valence-electron chi connectivity index (χ1n) is 8.86. The smallest absolute Gasteiger partial charge is 0.260 e. The van der Waals surface area contributed by atoms with Crippen molar-refractivity contribution < 1.29 is 14.3 Å². The van der Waals surface area contributed by atoms with Crippen molar-refractivity contribution in [1.82, 2.24) is 9.88 Å². The first kappa shape index (κ1) is 18.4. The summed E-state index contributed by atoms with van der Waals surface area (Å²) in [6.45, 7) is 3.14. The first-order valence-corrected chi connectivity index (χ1v) is 9.74. The zero-order valence-electron chi connectivity index (χ0n) is 14.8. The van der Waals surface area contributed by atoms with E-state index in [0.717, 1.165) is 30.6 Å². The number of carbonyl (C=O) groups excluding carboxylic acids is 2. The Hall–Kier alpha value is -2.41. The van der Waals surface area contributed by atoms with Gasteiger partial charge in [0.05, 0.1) is 5.92 Å². The third-order valence-electron chi connectivity index (χ3n) is 4.51. The number of hydrogen-bond acceptors (Lipinski definition) is 5. The zero-order valence-corrected chi connectivity index (χ0v) is 15.6. The van der Waals surface area contributed by atoms with Crippen LogP contribution in [0.3, 0.4) is 0 Å². The summed E-state index contributed by atoms with van der Waals surface area (Å²) in [6, 6.07) is 7.74. The Labute approximate surface area is 157 Å². The molecule has 2 aromatic rings. The van der Waals surface area contributed by atoms with Gasteiger partial charge in [-0.1, -0.05) is 25.1 Å². The molecule has 26 heavy (non-hydrogen) atoms. The molecule has 2 amide bonds. The van der Waals surface area contributed by atoms with Crippen molar-refractivity contribution in [1.29, 1.82) is 0 Å². The van der Waals surface area contributed by atoms with Crippen LogP contribution in [0.1, 0.15) is 25.3 Å². The molecule has 1 unspecified atom stereocenters. The highest BCUT2D eigenvalue weighted by Crippen LogP contribution is 2.21. The SMILES string of the molecule is CCc1ccccc1OCC(=O)N1CCCC(C(=O)Nc2nccs2)C1. The molecule has 0 spiro atoms. The van der Waals surface area contributed by atoms with Gasteiger partial charge in [0.1, 0.15) is 5.75 Å². The fraction of sp³-hybridized carbons (Fsp3) is 0.421. The molecule has 1 aliphatic heterocycles. The number of thiazole rings is 1. The van der Waals surface area contributed by atoms with E-state index >= 15 is 0 Å². The number of benzene rings is 1. The molecule has 1 saturated heterocycles. The quantitative estimate of drug-likeness (QED) is 0.845. The van der Waals surface area contributed by atoms with E-state index in [1.807, 2.05) is 29.6 Å². The lowest BCUT2D eigenvalue weighted by atomic mass is 9.97. The molecule has 1 aliphatic rings. The number of ether oxygens (including phenoxy) is 1. The van der Waals surface area contributed by atoms with Crippen LogP contribution < -0.4 is 10.1 Å². The van der Waals surface area contributed by atoms with Gasteiger partial charge >= 0.3 is 0 Å². The highest BCUT2D eigenvalue weighted by molar-refractivity contribution is 7.13. The second-order valence-electron chi connectivity index (χ2n) is 6.26. The van der Waals surface area contributed by atoms with Gasteiger partial charge in [-0.25, -0.2) is 4.98 Å². The van der Waals surface area contributed by atoms with Crippen LogP contribution >= 0.6 is 11.3 Å². The summed E-state index contributed by atoms with van der Waals surface area (Å²) < 4.78 is 5.72. The second-order valence-corrected chi connectivity index (χ2v) is 7.15. The van der Waals surface area contributed by atoms with E-state index < -0.39 is 0 Å². The molecular weight excluding hydrogens is 350 g/mol. The lowest BCUT2D eigenvalue weighted by Gasteiger charge is -2.31. The number of aryl methyl sites for hydroxylation is 1. The fourth-order valence-corrected chi connectivity index (χ4v) is 3.61. The van der Waals surface area contributed by atoms with Crippen LogP contribution in [0.15, 0.2) is 35.8 Å². The molecule has 0 radical (unpaired) electrons. The van der Waals surface area contributed by atoms with Crippen molar-refractivity contribution in [3.05, 3.63) is 41.4 Å². The number of nitrogens with zero attached hydrogens (tertiary/aromatic N) is 2. The number of rotatable bonds is 6. The normalized spacial score (nSPS) is 17.0. The van der Waals surface area contributed by atoms with Crippen molar-refractivity contribution in [2.24, 2.45) is 5.92 Å². The topological polar surface area (TPSA) is 71.5 Å². The van der Waals surface area contributed by atoms with E-state index in [2.05, 4.69) is 17.2 Å². The summed E-state index contributed by atoms with van der Waals surface area (Å²) in [5.74, 6) is 0.385. The van der Waals surface area contributed by atoms with E-state index in [0.29, 0.717) is 18.2 Å². The van der Waals surface area contributed by atoms with Gasteiger partial charge in [-0.3, -0.25) is 9.59 Å². The predicted molar refractivity (Wildman–Crippen MR) is 101 cm³/mol. The van der Waals surface area contributed by atoms with Gasteiger partial charge in [-0.2, -0.15) is 0 Å². The highest BCUT2D eigenvalue weighted by atomic mass is 32.1. The molecule has 1 aromatic heterocycles. The van der Waals surface area contributed by atoms with Crippen molar-refractivity contribution in [2.45, 2.75) is 26.2 Å². The molecule has 7 heteroatoms. The molecule has 0 saturated carbocycles. The Kier molecular flexibility index (Phi) is 6.22. The lowest BCUT2D eigenvalue weighted by Crippen LogP contribution is -2.45. The maximum atomic E-state index is 12.5. The summed E-state index contributed by atoms with van der Waals surface area (Å²) >= 11 is 1.39. The van der Waals surface area contributed by atoms with Crippen molar-refractivity contribution >= 4 is 28.3 Å². The van der Waals surface area contributed by atoms with Gasteiger partial charge in [-0.15, -0.1) is 11.3 Å². The Bertz CT molecular complexity index is 748. The Morgan fingerprint density at radius 2 is 2.23 bits per heavy atom. The summed E-state index contributed by atoms with van der Waals surface area (Å²) in [5, 5.41) is 5.24. The summed E-state index contributed by atoms with van der Waals surface area (Å²) in [7, 11) is 0. The highest BCUT2D eigenvalue weighted by Gasteiger charge is 2.29. The average Bonchev–Trinajstić information content (AvgIpc) is 3.19. The summed E-state index contributed by atoms with van der Waals surface area (Å²) in [5.41, 5.74) is 1.08. The number of anilines is 1. The minimum Gasteiger partial charge on any atom is -0.483 e. The van der Waals surface area contributed by atoms with Gasteiger partial charge in [0.2, 0.25) is 5.91 Å². The maximum absolute atomic E-state index is 12.5. The molecule has 1 fully saturated rings. The monoisotopic (exact) mass is 373 g/mol. The summed E-state index contributed by atoms with van der Waals surface area (Å²) in [4.78, 5) is 30.7. The summed E-state index contributed by atoms with van der Waals surface area (Å²) in [6.07, 6.45) is 4.10. The number of aromatic nitrogens is 1.